The summed E-state index contributed by atoms with van der Waals surface area (Å²) in [6.07, 6.45) is 15.5. The number of hydrogen-bond acceptors (Lipinski definition) is 1. The first-order valence-corrected chi connectivity index (χ1v) is 10.3. The summed E-state index contributed by atoms with van der Waals surface area (Å²) in [5.74, 6) is 1.75. The lowest BCUT2D eigenvalue weighted by Gasteiger charge is -2.22. The quantitative estimate of drug-likeness (QED) is 0.280. The molecule has 1 heteroatoms. The predicted molar refractivity (Wildman–Crippen MR) is 103 cm³/mol. The van der Waals surface area contributed by atoms with E-state index in [-0.39, 0.29) is 0 Å². The van der Waals surface area contributed by atoms with Crippen molar-refractivity contribution in [2.75, 3.05) is 19.6 Å². The predicted octanol–water partition coefficient (Wildman–Crippen LogP) is 6.91. The first-order chi connectivity index (χ1) is 10.6. The normalized spacial score (nSPS) is 12.0. The van der Waals surface area contributed by atoms with Gasteiger partial charge in [-0.1, -0.05) is 86.0 Å². The molecule has 22 heavy (non-hydrogen) atoms. The van der Waals surface area contributed by atoms with Crippen molar-refractivity contribution < 1.29 is 0 Å². The lowest BCUT2D eigenvalue weighted by atomic mass is 10.0. The highest BCUT2D eigenvalue weighted by Gasteiger charge is 2.05. The number of hydrogen-bond donors (Lipinski definition) is 0. The molecule has 0 unspecified atom stereocenters. The van der Waals surface area contributed by atoms with Crippen molar-refractivity contribution in [1.29, 1.82) is 0 Å². The molecule has 0 rings (SSSR count). The monoisotopic (exact) mass is 311 g/mol. The van der Waals surface area contributed by atoms with Gasteiger partial charge in [0.2, 0.25) is 0 Å². The Balaban J connectivity index is 3.74. The van der Waals surface area contributed by atoms with Crippen molar-refractivity contribution in [3.63, 3.8) is 0 Å². The molecule has 0 N–H and O–H groups in total. The molecular formula is C21H45N. The summed E-state index contributed by atoms with van der Waals surface area (Å²) in [6, 6.07) is 0. The van der Waals surface area contributed by atoms with Gasteiger partial charge in [0.05, 0.1) is 0 Å². The molecule has 0 spiro atoms. The molecule has 0 aliphatic carbocycles. The summed E-state index contributed by atoms with van der Waals surface area (Å²) < 4.78 is 0. The highest BCUT2D eigenvalue weighted by Crippen LogP contribution is 2.11. The van der Waals surface area contributed by atoms with E-state index in [1.807, 2.05) is 0 Å². The summed E-state index contributed by atoms with van der Waals surface area (Å²) in [5.41, 5.74) is 0. The lowest BCUT2D eigenvalue weighted by Crippen LogP contribution is -2.27. The van der Waals surface area contributed by atoms with E-state index in [0.29, 0.717) is 0 Å². The van der Waals surface area contributed by atoms with Crippen LogP contribution in [0.3, 0.4) is 0 Å². The molecule has 134 valence electrons. The summed E-state index contributed by atoms with van der Waals surface area (Å²) in [4.78, 5) is 2.75. The molecule has 0 radical (unpaired) electrons. The topological polar surface area (TPSA) is 3.24 Å². The van der Waals surface area contributed by atoms with Crippen molar-refractivity contribution in [1.82, 2.24) is 4.90 Å². The largest absolute Gasteiger partial charge is 0.303 e. The first kappa shape index (κ1) is 22.0. The van der Waals surface area contributed by atoms with Gasteiger partial charge in [0.15, 0.2) is 0 Å². The Hall–Kier alpha value is -0.0400. The van der Waals surface area contributed by atoms with E-state index in [1.54, 1.807) is 0 Å². The van der Waals surface area contributed by atoms with Crippen LogP contribution in [-0.4, -0.2) is 24.5 Å². The van der Waals surface area contributed by atoms with Gasteiger partial charge in [0, 0.05) is 0 Å². The Morgan fingerprint density at radius 1 is 0.545 bits per heavy atom. The number of unbranched alkanes of at least 4 members (excludes halogenated alkanes) is 6. The van der Waals surface area contributed by atoms with Gasteiger partial charge in [-0.2, -0.15) is 0 Å². The van der Waals surface area contributed by atoms with E-state index in [1.165, 1.54) is 90.3 Å². The Kier molecular flexibility index (Phi) is 15.8. The molecule has 0 heterocycles. The van der Waals surface area contributed by atoms with Crippen LogP contribution in [0.5, 0.6) is 0 Å². The molecular weight excluding hydrogens is 266 g/mol. The van der Waals surface area contributed by atoms with Crippen LogP contribution < -0.4 is 0 Å². The molecule has 0 aliphatic rings. The van der Waals surface area contributed by atoms with Crippen molar-refractivity contribution in [3.05, 3.63) is 0 Å². The molecule has 0 fully saturated rings. The number of rotatable bonds is 16. The van der Waals surface area contributed by atoms with E-state index < -0.39 is 0 Å². The molecule has 0 saturated carbocycles. The maximum atomic E-state index is 2.75. The minimum absolute atomic E-state index is 0.876. The zero-order valence-corrected chi connectivity index (χ0v) is 16.5. The molecule has 0 aliphatic heterocycles. The summed E-state index contributed by atoms with van der Waals surface area (Å²) in [7, 11) is 0. The van der Waals surface area contributed by atoms with Crippen LogP contribution in [0.2, 0.25) is 0 Å². The van der Waals surface area contributed by atoms with E-state index in [9.17, 15) is 0 Å². The van der Waals surface area contributed by atoms with Crippen LogP contribution in [0.4, 0.5) is 0 Å². The Bertz CT molecular complexity index is 192. The van der Waals surface area contributed by atoms with Gasteiger partial charge >= 0.3 is 0 Å². The highest BCUT2D eigenvalue weighted by molar-refractivity contribution is 4.60. The van der Waals surface area contributed by atoms with Gasteiger partial charge in [0.25, 0.3) is 0 Å². The molecule has 1 nitrogen and oxygen atoms in total. The fraction of sp³-hybridized carbons (Fsp3) is 1.00. The fourth-order valence-corrected chi connectivity index (χ4v) is 3.05. The molecule has 0 aromatic rings. The van der Waals surface area contributed by atoms with Gasteiger partial charge in [-0.25, -0.2) is 0 Å². The first-order valence-electron chi connectivity index (χ1n) is 10.3. The second kappa shape index (κ2) is 15.8. The standard InChI is InChI=1S/C21H45N/c1-6-7-12-17-22(18-13-8-10-15-20(2)3)19-14-9-11-16-21(4)5/h20-21H,6-19H2,1-5H3. The summed E-state index contributed by atoms with van der Waals surface area (Å²) in [6.45, 7) is 15.7. The fourth-order valence-electron chi connectivity index (χ4n) is 3.05. The van der Waals surface area contributed by atoms with Gasteiger partial charge in [-0.3, -0.25) is 0 Å². The maximum Gasteiger partial charge on any atom is -0.00187 e. The van der Waals surface area contributed by atoms with Crippen LogP contribution in [0.25, 0.3) is 0 Å². The maximum absolute atomic E-state index is 2.75. The minimum atomic E-state index is 0.876. The molecule has 0 aromatic carbocycles. The van der Waals surface area contributed by atoms with Crippen molar-refractivity contribution in [3.8, 4) is 0 Å². The third kappa shape index (κ3) is 16.3. The molecule has 0 atom stereocenters. The molecule has 0 amide bonds. The van der Waals surface area contributed by atoms with E-state index in [4.69, 9.17) is 0 Å². The zero-order valence-electron chi connectivity index (χ0n) is 16.5. The Labute approximate surface area is 142 Å². The van der Waals surface area contributed by atoms with Crippen molar-refractivity contribution in [2.24, 2.45) is 11.8 Å². The van der Waals surface area contributed by atoms with Gasteiger partial charge in [0.1, 0.15) is 0 Å². The molecule has 0 saturated heterocycles. The van der Waals surface area contributed by atoms with Gasteiger partial charge in [-0.05, 0) is 50.7 Å². The minimum Gasteiger partial charge on any atom is -0.303 e. The summed E-state index contributed by atoms with van der Waals surface area (Å²) >= 11 is 0. The van der Waals surface area contributed by atoms with Crippen molar-refractivity contribution >= 4 is 0 Å². The smallest absolute Gasteiger partial charge is 0.00187 e. The lowest BCUT2D eigenvalue weighted by molar-refractivity contribution is 0.254. The third-order valence-corrected chi connectivity index (χ3v) is 4.59. The Morgan fingerprint density at radius 2 is 0.955 bits per heavy atom. The van der Waals surface area contributed by atoms with Crippen LogP contribution >= 0.6 is 0 Å². The van der Waals surface area contributed by atoms with Crippen LogP contribution in [0, 0.1) is 11.8 Å². The van der Waals surface area contributed by atoms with Gasteiger partial charge in [-0.15, -0.1) is 0 Å². The van der Waals surface area contributed by atoms with Crippen molar-refractivity contribution in [2.45, 2.75) is 105 Å². The average molecular weight is 312 g/mol. The van der Waals surface area contributed by atoms with Crippen LogP contribution in [0.15, 0.2) is 0 Å². The van der Waals surface area contributed by atoms with E-state index in [2.05, 4.69) is 39.5 Å². The van der Waals surface area contributed by atoms with Crippen LogP contribution in [-0.2, 0) is 0 Å². The zero-order chi connectivity index (χ0) is 16.6. The number of nitrogens with zero attached hydrogens (tertiary/aromatic N) is 1. The van der Waals surface area contributed by atoms with E-state index in [0.717, 1.165) is 11.8 Å². The van der Waals surface area contributed by atoms with Gasteiger partial charge < -0.3 is 4.90 Å². The molecule has 0 aromatic heterocycles. The van der Waals surface area contributed by atoms with Crippen LogP contribution in [0.1, 0.15) is 105 Å². The Morgan fingerprint density at radius 3 is 1.32 bits per heavy atom. The SMILES string of the molecule is CCCCCN(CCCCCC(C)C)CCCCCC(C)C. The molecule has 0 bridgehead atoms. The highest BCUT2D eigenvalue weighted by atomic mass is 15.1. The third-order valence-electron chi connectivity index (χ3n) is 4.59. The average Bonchev–Trinajstić information content (AvgIpc) is 2.45. The summed E-state index contributed by atoms with van der Waals surface area (Å²) in [5, 5.41) is 0. The second-order valence-corrected chi connectivity index (χ2v) is 8.04. The second-order valence-electron chi connectivity index (χ2n) is 8.04. The van der Waals surface area contributed by atoms with E-state index >= 15 is 0 Å².